The first-order valence-corrected chi connectivity index (χ1v) is 9.70. The second-order valence-electron chi connectivity index (χ2n) is 7.46. The van der Waals surface area contributed by atoms with E-state index in [0.29, 0.717) is 36.6 Å². The monoisotopic (exact) mass is 403 g/mol. The number of pyridine rings is 2. The Kier molecular flexibility index (Phi) is 4.54. The molecule has 29 heavy (non-hydrogen) atoms. The van der Waals surface area contributed by atoms with Gasteiger partial charge in [-0.3, -0.25) is 4.40 Å². The highest BCUT2D eigenvalue weighted by Crippen LogP contribution is 2.30. The Labute approximate surface area is 165 Å². The third-order valence-corrected chi connectivity index (χ3v) is 5.20. The number of nitrogens with zero attached hydrogens (tertiary/aromatic N) is 3. The summed E-state index contributed by atoms with van der Waals surface area (Å²) in [7, 11) is 0. The third kappa shape index (κ3) is 3.62. The van der Waals surface area contributed by atoms with Gasteiger partial charge in [-0.1, -0.05) is 0 Å². The van der Waals surface area contributed by atoms with Crippen LogP contribution in [-0.4, -0.2) is 45.8 Å². The summed E-state index contributed by atoms with van der Waals surface area (Å²) in [4.78, 5) is 8.42. The molecule has 0 bridgehead atoms. The van der Waals surface area contributed by atoms with Gasteiger partial charge in [0.1, 0.15) is 23.3 Å². The summed E-state index contributed by atoms with van der Waals surface area (Å²) in [5, 5.41) is 5.83. The number of halogens is 3. The van der Waals surface area contributed by atoms with Crippen LogP contribution in [0.2, 0.25) is 0 Å². The molecule has 0 amide bonds. The maximum absolute atomic E-state index is 14.6. The van der Waals surface area contributed by atoms with E-state index in [2.05, 4.69) is 20.6 Å². The fourth-order valence-electron chi connectivity index (χ4n) is 3.48. The molecule has 0 spiro atoms. The van der Waals surface area contributed by atoms with Crippen LogP contribution >= 0.6 is 0 Å². The second-order valence-corrected chi connectivity index (χ2v) is 7.46. The zero-order chi connectivity index (χ0) is 20.0. The molecule has 3 aromatic rings. The van der Waals surface area contributed by atoms with Crippen molar-refractivity contribution >= 4 is 11.5 Å². The lowest BCUT2D eigenvalue weighted by molar-refractivity contribution is 0.240. The Hall–Kier alpha value is -2.81. The van der Waals surface area contributed by atoms with Crippen LogP contribution in [0.4, 0.5) is 19.0 Å². The fourth-order valence-corrected chi connectivity index (χ4v) is 3.48. The minimum absolute atomic E-state index is 0.0589. The Morgan fingerprint density at radius 1 is 1.17 bits per heavy atom. The van der Waals surface area contributed by atoms with Crippen molar-refractivity contribution in [3.63, 3.8) is 0 Å². The van der Waals surface area contributed by atoms with Crippen molar-refractivity contribution in [2.45, 2.75) is 37.6 Å². The predicted molar refractivity (Wildman–Crippen MR) is 102 cm³/mol. The van der Waals surface area contributed by atoms with E-state index in [1.165, 1.54) is 6.20 Å². The molecule has 1 saturated carbocycles. The summed E-state index contributed by atoms with van der Waals surface area (Å²) in [5.74, 6) is -1.16. The molecular formula is C20H20F3N5O. The summed E-state index contributed by atoms with van der Waals surface area (Å²) in [5.41, 5.74) is 0.881. The number of anilines is 1. The number of imidazole rings is 1. The number of piperidine rings is 1. The normalized spacial score (nSPS) is 22.0. The third-order valence-electron chi connectivity index (χ3n) is 5.20. The Bertz CT molecular complexity index is 1050. The maximum Gasteiger partial charge on any atom is 0.168 e. The number of hydrogen-bond acceptors (Lipinski definition) is 5. The van der Waals surface area contributed by atoms with Gasteiger partial charge in [0.25, 0.3) is 0 Å². The second kappa shape index (κ2) is 7.22. The number of fused-ring (bicyclic) bond motifs is 1. The van der Waals surface area contributed by atoms with Crippen LogP contribution in [0, 0.1) is 11.6 Å². The first-order valence-electron chi connectivity index (χ1n) is 9.70. The van der Waals surface area contributed by atoms with Crippen LogP contribution in [0.15, 0.2) is 30.6 Å². The minimum Gasteiger partial charge on any atom is -0.490 e. The smallest absolute Gasteiger partial charge is 0.168 e. The number of nitrogens with one attached hydrogen (secondary N) is 2. The molecule has 2 fully saturated rings. The van der Waals surface area contributed by atoms with Gasteiger partial charge in [0, 0.05) is 24.9 Å². The average molecular weight is 403 g/mol. The highest BCUT2D eigenvalue weighted by atomic mass is 19.1. The summed E-state index contributed by atoms with van der Waals surface area (Å²) in [6.07, 6.45) is 4.73. The molecule has 2 unspecified atom stereocenters. The molecule has 1 aliphatic heterocycles. The number of alkyl halides is 1. The van der Waals surface area contributed by atoms with Gasteiger partial charge in [-0.2, -0.15) is 0 Å². The number of ether oxygens (including phenoxy) is 1. The van der Waals surface area contributed by atoms with Gasteiger partial charge in [0.2, 0.25) is 0 Å². The van der Waals surface area contributed by atoms with Gasteiger partial charge in [0.15, 0.2) is 17.5 Å². The number of hydrogen-bond donors (Lipinski definition) is 2. The molecule has 1 saturated heterocycles. The molecule has 5 rings (SSSR count). The minimum atomic E-state index is -1.13. The number of aromatic nitrogens is 3. The molecule has 152 valence electrons. The van der Waals surface area contributed by atoms with Crippen LogP contribution in [0.25, 0.3) is 17.0 Å². The topological polar surface area (TPSA) is 63.5 Å². The van der Waals surface area contributed by atoms with Crippen LogP contribution in [0.3, 0.4) is 0 Å². The van der Waals surface area contributed by atoms with Crippen molar-refractivity contribution in [2.75, 3.05) is 18.4 Å². The van der Waals surface area contributed by atoms with Gasteiger partial charge < -0.3 is 15.4 Å². The Morgan fingerprint density at radius 2 is 2.03 bits per heavy atom. The molecule has 9 heteroatoms. The predicted octanol–water partition coefficient (Wildman–Crippen LogP) is 3.33. The van der Waals surface area contributed by atoms with Crippen molar-refractivity contribution in [2.24, 2.45) is 0 Å². The van der Waals surface area contributed by atoms with Gasteiger partial charge in [-0.25, -0.2) is 23.1 Å². The fraction of sp³-hybridized carbons (Fsp3) is 0.400. The molecule has 0 radical (unpaired) electrons. The highest BCUT2D eigenvalue weighted by Gasteiger charge is 2.27. The lowest BCUT2D eigenvalue weighted by Gasteiger charge is -2.28. The van der Waals surface area contributed by atoms with Crippen LogP contribution in [0.1, 0.15) is 19.3 Å². The average Bonchev–Trinajstić information content (AvgIpc) is 3.42. The molecule has 2 aliphatic rings. The van der Waals surface area contributed by atoms with Crippen molar-refractivity contribution < 1.29 is 17.9 Å². The van der Waals surface area contributed by atoms with Crippen LogP contribution in [-0.2, 0) is 0 Å². The largest absolute Gasteiger partial charge is 0.490 e. The van der Waals surface area contributed by atoms with Gasteiger partial charge in [-0.15, -0.1) is 0 Å². The summed E-state index contributed by atoms with van der Waals surface area (Å²) >= 11 is 0. The van der Waals surface area contributed by atoms with E-state index in [-0.39, 0.29) is 17.6 Å². The summed E-state index contributed by atoms with van der Waals surface area (Å²) in [6, 6.07) is 3.67. The van der Waals surface area contributed by atoms with E-state index >= 15 is 0 Å². The highest BCUT2D eigenvalue weighted by molar-refractivity contribution is 5.63. The molecule has 6 nitrogen and oxygen atoms in total. The van der Waals surface area contributed by atoms with E-state index < -0.39 is 23.8 Å². The van der Waals surface area contributed by atoms with Gasteiger partial charge >= 0.3 is 0 Å². The van der Waals surface area contributed by atoms with Crippen molar-refractivity contribution in [1.82, 2.24) is 19.7 Å². The molecule has 1 aliphatic carbocycles. The molecule has 4 heterocycles. The zero-order valence-electron chi connectivity index (χ0n) is 15.5. The maximum atomic E-state index is 14.6. The van der Waals surface area contributed by atoms with Crippen LogP contribution in [0.5, 0.6) is 5.75 Å². The Morgan fingerprint density at radius 3 is 2.83 bits per heavy atom. The molecule has 0 aromatic carbocycles. The van der Waals surface area contributed by atoms with E-state index in [4.69, 9.17) is 4.74 Å². The molecule has 2 N–H and O–H groups in total. The van der Waals surface area contributed by atoms with Crippen LogP contribution < -0.4 is 15.4 Å². The first kappa shape index (κ1) is 18.2. The van der Waals surface area contributed by atoms with E-state index in [0.717, 1.165) is 18.9 Å². The lowest BCUT2D eigenvalue weighted by Crippen LogP contribution is -2.46. The van der Waals surface area contributed by atoms with Crippen molar-refractivity contribution in [3.8, 4) is 17.1 Å². The lowest BCUT2D eigenvalue weighted by atomic mass is 10.1. The van der Waals surface area contributed by atoms with Gasteiger partial charge in [-0.05, 0) is 31.9 Å². The van der Waals surface area contributed by atoms with Gasteiger partial charge in [0.05, 0.1) is 24.0 Å². The zero-order valence-corrected chi connectivity index (χ0v) is 15.5. The Balaban J connectivity index is 1.48. The van der Waals surface area contributed by atoms with Crippen molar-refractivity contribution in [1.29, 1.82) is 0 Å². The van der Waals surface area contributed by atoms with E-state index in [1.807, 2.05) is 0 Å². The summed E-state index contributed by atoms with van der Waals surface area (Å²) < 4.78 is 50.4. The molecule has 2 atom stereocenters. The summed E-state index contributed by atoms with van der Waals surface area (Å²) in [6.45, 7) is 0.909. The number of rotatable bonds is 5. The van der Waals surface area contributed by atoms with E-state index in [9.17, 15) is 13.2 Å². The first-order chi connectivity index (χ1) is 14.1. The van der Waals surface area contributed by atoms with Crippen molar-refractivity contribution in [3.05, 3.63) is 42.2 Å². The molecular weight excluding hydrogens is 383 g/mol. The quantitative estimate of drug-likeness (QED) is 0.684. The van der Waals surface area contributed by atoms with E-state index in [1.54, 1.807) is 22.7 Å². The standard InChI is InChI=1S/C20H20F3N5O/c21-13-3-5-24-9-16(13)26-20-15(23)8-14(22)19(27-20)17-10-25-18-7-12(4-6-28(17)18)29-11-1-2-11/h4,6-8,10-11,13,16,24H,1-3,5,9H2,(H,26,27). The molecule has 3 aromatic heterocycles. The SMILES string of the molecule is Fc1cc(F)c(-c2cnc3cc(OC4CC4)ccn23)nc1NC1CNCCC1F.